The van der Waals surface area contributed by atoms with Gasteiger partial charge in [-0.25, -0.2) is 9.59 Å². The predicted octanol–water partition coefficient (Wildman–Crippen LogP) is 2.46. The van der Waals surface area contributed by atoms with Crippen LogP contribution >= 0.6 is 6.89 Å². The van der Waals surface area contributed by atoms with Gasteiger partial charge in [0.2, 0.25) is 0 Å². The molecule has 0 aliphatic heterocycles. The van der Waals surface area contributed by atoms with Crippen LogP contribution in [0.3, 0.4) is 0 Å². The Bertz CT molecular complexity index is 1020. The van der Waals surface area contributed by atoms with Gasteiger partial charge < -0.3 is 9.47 Å². The van der Waals surface area contributed by atoms with Gasteiger partial charge in [-0.15, -0.1) is 0 Å². The number of Topliss-reactive ketones (excluding diaryl/α,β-unsaturated/α-hetero) is 1. The van der Waals surface area contributed by atoms with Crippen molar-refractivity contribution in [2.45, 2.75) is 6.92 Å². The molecule has 0 aliphatic rings. The number of ketones is 1. The second-order valence-electron chi connectivity index (χ2n) is 6.57. The predicted molar refractivity (Wildman–Crippen MR) is 124 cm³/mol. The molecule has 0 atom stereocenters. The monoisotopic (exact) mass is 434 g/mol. The highest BCUT2D eigenvalue weighted by molar-refractivity contribution is 7.98. The first-order chi connectivity index (χ1) is 15.1. The molecule has 0 radical (unpaired) electrons. The van der Waals surface area contributed by atoms with E-state index in [0.717, 1.165) is 23.0 Å². The molecular formula is C25H23O5P. The highest BCUT2D eigenvalue weighted by Crippen LogP contribution is 2.46. The Morgan fingerprint density at radius 2 is 1.06 bits per heavy atom. The van der Waals surface area contributed by atoms with E-state index in [4.69, 9.17) is 9.47 Å². The van der Waals surface area contributed by atoms with Crippen molar-refractivity contribution < 1.29 is 23.9 Å². The molecule has 0 amide bonds. The van der Waals surface area contributed by atoms with Crippen LogP contribution in [-0.4, -0.2) is 36.7 Å². The van der Waals surface area contributed by atoms with Gasteiger partial charge in [-0.3, -0.25) is 4.79 Å². The van der Waals surface area contributed by atoms with Crippen LogP contribution < -0.4 is 15.9 Å². The lowest BCUT2D eigenvalue weighted by Gasteiger charge is -2.31. The Hall–Kier alpha value is -3.43. The van der Waals surface area contributed by atoms with Gasteiger partial charge in [0.1, 0.15) is 5.29 Å². The van der Waals surface area contributed by atoms with Crippen molar-refractivity contribution in [3.05, 3.63) is 91.0 Å². The maximum Gasteiger partial charge on any atom is 0.379 e. The molecular weight excluding hydrogens is 411 g/mol. The van der Waals surface area contributed by atoms with E-state index in [1.165, 1.54) is 0 Å². The smallest absolute Gasteiger partial charge is 0.379 e. The Kier molecular flexibility index (Phi) is 7.22. The van der Waals surface area contributed by atoms with Crippen LogP contribution in [0.25, 0.3) is 0 Å². The molecule has 3 rings (SSSR count). The zero-order valence-corrected chi connectivity index (χ0v) is 18.3. The quantitative estimate of drug-likeness (QED) is 0.247. The first kappa shape index (κ1) is 22.3. The number of methoxy groups -OCH3 is 1. The second kappa shape index (κ2) is 10.1. The third-order valence-electron chi connectivity index (χ3n) is 4.82. The standard InChI is InChI=1S/C25H23O5P/c1-3-30-25(28)23(22(26)24(27)29-2)31(19-13-7-4-8-14-19,20-15-9-5-10-16-20)21-17-11-6-12-18-21/h4-18H,3H2,1-2H3. The minimum absolute atomic E-state index is 0.0646. The van der Waals surface area contributed by atoms with Gasteiger partial charge in [0.15, 0.2) is 0 Å². The number of hydrogen-bond acceptors (Lipinski definition) is 5. The van der Waals surface area contributed by atoms with E-state index in [9.17, 15) is 14.4 Å². The van der Waals surface area contributed by atoms with Crippen molar-refractivity contribution in [2.75, 3.05) is 13.7 Å². The summed E-state index contributed by atoms with van der Waals surface area (Å²) in [6.07, 6.45) is 0. The summed E-state index contributed by atoms with van der Waals surface area (Å²) in [7, 11) is 1.12. The second-order valence-corrected chi connectivity index (χ2v) is 9.91. The summed E-state index contributed by atoms with van der Waals surface area (Å²) in [6.45, 7) is -1.36. The summed E-state index contributed by atoms with van der Waals surface area (Å²) in [5, 5.41) is 2.07. The molecule has 3 aromatic carbocycles. The Labute approximate surface area is 181 Å². The maximum absolute atomic E-state index is 13.4. The summed E-state index contributed by atoms with van der Waals surface area (Å²) >= 11 is 0. The lowest BCUT2D eigenvalue weighted by molar-refractivity contribution is -0.149. The summed E-state index contributed by atoms with van der Waals surface area (Å²) in [6, 6.07) is 27.9. The van der Waals surface area contributed by atoms with Gasteiger partial charge in [0, 0.05) is 0 Å². The van der Waals surface area contributed by atoms with E-state index in [2.05, 4.69) is 0 Å². The summed E-state index contributed by atoms with van der Waals surface area (Å²) in [5.41, 5.74) is 0. The Balaban J connectivity index is 2.64. The minimum Gasteiger partial charge on any atom is -0.463 e. The fraction of sp³-hybridized carbons (Fsp3) is 0.120. The summed E-state index contributed by atoms with van der Waals surface area (Å²) < 4.78 is 10.0. The lowest BCUT2D eigenvalue weighted by Crippen LogP contribution is -2.41. The van der Waals surface area contributed by atoms with Crippen molar-refractivity contribution >= 4 is 45.8 Å². The maximum atomic E-state index is 13.4. The lowest BCUT2D eigenvalue weighted by atomic mass is 10.3. The minimum atomic E-state index is -3.08. The van der Waals surface area contributed by atoms with Gasteiger partial charge >= 0.3 is 11.9 Å². The van der Waals surface area contributed by atoms with E-state index in [1.54, 1.807) is 6.92 Å². The molecule has 31 heavy (non-hydrogen) atoms. The molecule has 0 bridgehead atoms. The summed E-state index contributed by atoms with van der Waals surface area (Å²) in [5.74, 6) is -2.91. The van der Waals surface area contributed by atoms with E-state index >= 15 is 0 Å². The fourth-order valence-electron chi connectivity index (χ4n) is 3.56. The van der Waals surface area contributed by atoms with Crippen LogP contribution in [0.15, 0.2) is 91.0 Å². The molecule has 0 unspecified atom stereocenters. The average molecular weight is 434 g/mol. The average Bonchev–Trinajstić information content (AvgIpc) is 2.83. The normalized spacial score (nSPS) is 10.8. The summed E-state index contributed by atoms with van der Waals surface area (Å²) in [4.78, 5) is 39.1. The number of esters is 2. The van der Waals surface area contributed by atoms with Crippen LogP contribution in [0.1, 0.15) is 6.92 Å². The third-order valence-corrected chi connectivity index (χ3v) is 9.10. The third kappa shape index (κ3) is 4.23. The van der Waals surface area contributed by atoms with Gasteiger partial charge in [-0.2, -0.15) is 0 Å². The van der Waals surface area contributed by atoms with Crippen molar-refractivity contribution in [2.24, 2.45) is 0 Å². The van der Waals surface area contributed by atoms with Crippen LogP contribution in [0.2, 0.25) is 0 Å². The zero-order valence-electron chi connectivity index (χ0n) is 17.4. The molecule has 5 nitrogen and oxygen atoms in total. The van der Waals surface area contributed by atoms with Crippen molar-refractivity contribution in [3.63, 3.8) is 0 Å². The molecule has 6 heteroatoms. The Morgan fingerprint density at radius 1 is 0.677 bits per heavy atom. The van der Waals surface area contributed by atoms with Crippen molar-refractivity contribution in [1.82, 2.24) is 0 Å². The molecule has 0 aromatic heterocycles. The Morgan fingerprint density at radius 3 is 1.39 bits per heavy atom. The van der Waals surface area contributed by atoms with E-state index in [0.29, 0.717) is 0 Å². The number of hydrogen-bond donors (Lipinski definition) is 0. The molecule has 3 aromatic rings. The first-order valence-corrected chi connectivity index (χ1v) is 11.6. The van der Waals surface area contributed by atoms with Crippen LogP contribution in [0, 0.1) is 0 Å². The number of carbonyl (C=O) groups is 3. The number of carbonyl (C=O) groups excluding carboxylic acids is 3. The van der Waals surface area contributed by atoms with E-state index in [-0.39, 0.29) is 11.9 Å². The van der Waals surface area contributed by atoms with Crippen LogP contribution in [0.4, 0.5) is 0 Å². The van der Waals surface area contributed by atoms with Gasteiger partial charge in [0.25, 0.3) is 5.78 Å². The van der Waals surface area contributed by atoms with Gasteiger partial charge in [-0.1, -0.05) is 91.0 Å². The number of benzene rings is 3. The molecule has 0 fully saturated rings. The topological polar surface area (TPSA) is 69.7 Å². The molecule has 0 saturated carbocycles. The van der Waals surface area contributed by atoms with Crippen LogP contribution in [-0.2, 0) is 23.9 Å². The van der Waals surface area contributed by atoms with Crippen molar-refractivity contribution in [3.8, 4) is 0 Å². The van der Waals surface area contributed by atoms with E-state index in [1.807, 2.05) is 91.0 Å². The molecule has 0 saturated heterocycles. The molecule has 0 heterocycles. The largest absolute Gasteiger partial charge is 0.463 e. The van der Waals surface area contributed by atoms with Gasteiger partial charge in [-0.05, 0) is 29.7 Å². The number of ether oxygens (including phenoxy) is 2. The first-order valence-electron chi connectivity index (χ1n) is 9.80. The number of rotatable bonds is 7. The highest BCUT2D eigenvalue weighted by Gasteiger charge is 2.40. The molecule has 158 valence electrons. The molecule has 0 aliphatic carbocycles. The molecule has 0 N–H and O–H groups in total. The van der Waals surface area contributed by atoms with Crippen molar-refractivity contribution in [1.29, 1.82) is 0 Å². The van der Waals surface area contributed by atoms with Crippen LogP contribution in [0.5, 0.6) is 0 Å². The van der Waals surface area contributed by atoms with E-state index < -0.39 is 24.6 Å². The SMILES string of the molecule is CCOC(=O)C(C(=O)C(=O)OC)=P(c1ccccc1)(c1ccccc1)c1ccccc1. The van der Waals surface area contributed by atoms with Gasteiger partial charge in [0.05, 0.1) is 13.7 Å². The zero-order chi connectivity index (χ0) is 22.3. The highest BCUT2D eigenvalue weighted by atomic mass is 31.2. The molecule has 0 spiro atoms. The fourth-order valence-corrected chi connectivity index (χ4v) is 7.82.